The van der Waals surface area contributed by atoms with E-state index in [0.717, 1.165) is 0 Å². The molecule has 4 atom stereocenters. The number of carbonyl (C=O) groups excluding carboxylic acids is 4. The molecule has 0 bridgehead atoms. The highest BCUT2D eigenvalue weighted by atomic mass is 16.5. The van der Waals surface area contributed by atoms with Gasteiger partial charge in [-0.25, -0.2) is 9.59 Å². The van der Waals surface area contributed by atoms with Gasteiger partial charge in [0.15, 0.2) is 11.6 Å². The minimum Gasteiger partial charge on any atom is -0.379 e. The third-order valence-corrected chi connectivity index (χ3v) is 7.18. The molecule has 0 aromatic heterocycles. The molecule has 4 amide bonds. The topological polar surface area (TPSA) is 121 Å². The Labute approximate surface area is 220 Å². The Morgan fingerprint density at radius 1 is 0.946 bits per heavy atom. The van der Waals surface area contributed by atoms with E-state index in [1.165, 1.54) is 7.11 Å². The van der Waals surface area contributed by atoms with E-state index in [1.807, 2.05) is 6.92 Å². The molecule has 0 aromatic carbocycles. The fraction of sp³-hybridized carbons (Fsp3) is 0.769. The summed E-state index contributed by atoms with van der Waals surface area (Å²) in [6, 6.07) is -1.93. The maximum Gasteiger partial charge on any atom is 0.318 e. The number of Topliss-reactive ketones (excluding diaryl/α,β-unsaturated/α-hetero) is 2. The summed E-state index contributed by atoms with van der Waals surface area (Å²) in [5, 5.41) is 5.67. The fourth-order valence-electron chi connectivity index (χ4n) is 4.44. The molecule has 2 rings (SSSR count). The molecule has 2 heterocycles. The van der Waals surface area contributed by atoms with Gasteiger partial charge < -0.3 is 29.9 Å². The van der Waals surface area contributed by atoms with Gasteiger partial charge in [-0.15, -0.1) is 0 Å². The Bertz CT molecular complexity index is 807. The first-order valence-corrected chi connectivity index (χ1v) is 13.2. The molecule has 2 aliphatic rings. The van der Waals surface area contributed by atoms with Crippen LogP contribution in [0.3, 0.4) is 0 Å². The first-order chi connectivity index (χ1) is 17.6. The molecule has 2 N–H and O–H groups in total. The maximum absolute atomic E-state index is 13.3. The van der Waals surface area contributed by atoms with Crippen LogP contribution in [0, 0.1) is 5.92 Å². The van der Waals surface area contributed by atoms with E-state index >= 15 is 0 Å². The molecular formula is C26H45N5O6. The summed E-state index contributed by atoms with van der Waals surface area (Å²) in [5.41, 5.74) is 0.625. The van der Waals surface area contributed by atoms with Crippen molar-refractivity contribution in [1.29, 1.82) is 0 Å². The van der Waals surface area contributed by atoms with Gasteiger partial charge in [-0.05, 0) is 26.8 Å². The van der Waals surface area contributed by atoms with E-state index in [-0.39, 0.29) is 29.5 Å². The van der Waals surface area contributed by atoms with Gasteiger partial charge in [0.1, 0.15) is 12.1 Å². The van der Waals surface area contributed by atoms with Gasteiger partial charge in [-0.2, -0.15) is 0 Å². The van der Waals surface area contributed by atoms with Crippen LogP contribution in [0.4, 0.5) is 9.59 Å². The van der Waals surface area contributed by atoms with Crippen LogP contribution in [0.2, 0.25) is 0 Å². The lowest BCUT2D eigenvalue weighted by Crippen LogP contribution is -2.56. The second kappa shape index (κ2) is 15.0. The van der Waals surface area contributed by atoms with E-state index in [9.17, 15) is 19.2 Å². The number of methoxy groups -OCH3 is 1. The molecule has 11 nitrogen and oxygen atoms in total. The largest absolute Gasteiger partial charge is 0.379 e. The molecule has 0 spiro atoms. The van der Waals surface area contributed by atoms with Crippen LogP contribution in [0.1, 0.15) is 40.5 Å². The molecule has 0 radical (unpaired) electrons. The fourth-order valence-corrected chi connectivity index (χ4v) is 4.44. The van der Waals surface area contributed by atoms with Gasteiger partial charge in [-0.1, -0.05) is 26.0 Å². The molecule has 2 fully saturated rings. The summed E-state index contributed by atoms with van der Waals surface area (Å²) >= 11 is 0. The quantitative estimate of drug-likeness (QED) is 0.370. The van der Waals surface area contributed by atoms with Crippen LogP contribution in [0.15, 0.2) is 12.2 Å². The van der Waals surface area contributed by atoms with Crippen LogP contribution in [0.5, 0.6) is 0 Å². The molecule has 37 heavy (non-hydrogen) atoms. The van der Waals surface area contributed by atoms with Crippen molar-refractivity contribution in [3.63, 3.8) is 0 Å². The van der Waals surface area contributed by atoms with Crippen LogP contribution < -0.4 is 10.6 Å². The summed E-state index contributed by atoms with van der Waals surface area (Å²) in [4.78, 5) is 56.3. The molecule has 2 aliphatic heterocycles. The molecular weight excluding hydrogens is 478 g/mol. The standard InChI is InChI=1S/C26H45N5O6/c1-7-21(32)22(18(2)3)27-25(34)30-12-10-29(11-13-30)9-8-19(4)24(33)23(20(5)36-6)28-26(35)31-14-16-37-17-15-31/h19-20,22-23H,2,7-17H2,1,3-6H3,(H,27,34)(H,28,35)/t19?,20-,22+,23+/m1/s1. The van der Waals surface area contributed by atoms with Crippen LogP contribution >= 0.6 is 0 Å². The molecule has 0 aliphatic carbocycles. The van der Waals surface area contributed by atoms with E-state index in [0.29, 0.717) is 77.4 Å². The second-order valence-corrected chi connectivity index (χ2v) is 9.94. The molecule has 11 heteroatoms. The highest BCUT2D eigenvalue weighted by molar-refractivity contribution is 5.91. The number of hydrogen-bond acceptors (Lipinski definition) is 7. The van der Waals surface area contributed by atoms with Crippen molar-refractivity contribution in [2.45, 2.75) is 58.7 Å². The van der Waals surface area contributed by atoms with Crippen molar-refractivity contribution >= 4 is 23.6 Å². The molecule has 1 unspecified atom stereocenters. The summed E-state index contributed by atoms with van der Waals surface area (Å²) in [5.74, 6) is -0.383. The monoisotopic (exact) mass is 523 g/mol. The van der Waals surface area contributed by atoms with Crippen molar-refractivity contribution in [2.24, 2.45) is 5.92 Å². The van der Waals surface area contributed by atoms with Crippen LogP contribution in [0.25, 0.3) is 0 Å². The van der Waals surface area contributed by atoms with Gasteiger partial charge in [0.2, 0.25) is 0 Å². The number of ketones is 2. The minimum atomic E-state index is -0.733. The van der Waals surface area contributed by atoms with Crippen LogP contribution in [-0.4, -0.2) is 123 Å². The Hall–Kier alpha value is -2.50. The van der Waals surface area contributed by atoms with Gasteiger partial charge in [0.25, 0.3) is 0 Å². The number of ether oxygens (including phenoxy) is 2. The summed E-state index contributed by atoms with van der Waals surface area (Å²) in [7, 11) is 1.53. The third-order valence-electron chi connectivity index (χ3n) is 7.18. The predicted octanol–water partition coefficient (Wildman–Crippen LogP) is 1.28. The average Bonchev–Trinajstić information content (AvgIpc) is 2.92. The van der Waals surface area contributed by atoms with Crippen molar-refractivity contribution in [1.82, 2.24) is 25.3 Å². The highest BCUT2D eigenvalue weighted by Crippen LogP contribution is 2.14. The van der Waals surface area contributed by atoms with E-state index < -0.39 is 18.2 Å². The summed E-state index contributed by atoms with van der Waals surface area (Å²) in [6.07, 6.45) is 0.516. The highest BCUT2D eigenvalue weighted by Gasteiger charge is 2.33. The smallest absolute Gasteiger partial charge is 0.318 e. The van der Waals surface area contributed by atoms with Crippen molar-refractivity contribution in [3.05, 3.63) is 12.2 Å². The Kier molecular flexibility index (Phi) is 12.5. The van der Waals surface area contributed by atoms with Crippen molar-refractivity contribution in [2.75, 3.05) is 66.1 Å². The Balaban J connectivity index is 1.83. The Morgan fingerprint density at radius 3 is 2.05 bits per heavy atom. The third kappa shape index (κ3) is 9.08. The number of piperazine rings is 1. The number of nitrogens with zero attached hydrogens (tertiary/aromatic N) is 3. The van der Waals surface area contributed by atoms with Crippen molar-refractivity contribution < 1.29 is 28.7 Å². The molecule has 0 aromatic rings. The zero-order valence-electron chi connectivity index (χ0n) is 23.1. The zero-order chi connectivity index (χ0) is 27.5. The van der Waals surface area contributed by atoms with E-state index in [2.05, 4.69) is 22.1 Å². The second-order valence-electron chi connectivity index (χ2n) is 9.94. The van der Waals surface area contributed by atoms with E-state index in [1.54, 1.807) is 30.6 Å². The summed E-state index contributed by atoms with van der Waals surface area (Å²) in [6.45, 7) is 16.1. The SMILES string of the molecule is C=C(C)[C@H](NC(=O)N1CCN(CCC(C)C(=O)[C@@H](NC(=O)N2CCOCC2)[C@@H](C)OC)CC1)C(=O)CC. The number of rotatable bonds is 12. The number of urea groups is 2. The lowest BCUT2D eigenvalue weighted by molar-refractivity contribution is -0.127. The van der Waals surface area contributed by atoms with Gasteiger partial charge >= 0.3 is 12.1 Å². The number of morpholine rings is 1. The minimum absolute atomic E-state index is 0.0552. The van der Waals surface area contributed by atoms with Crippen molar-refractivity contribution in [3.8, 4) is 0 Å². The summed E-state index contributed by atoms with van der Waals surface area (Å²) < 4.78 is 10.7. The van der Waals surface area contributed by atoms with Gasteiger partial charge in [0, 0.05) is 58.7 Å². The maximum atomic E-state index is 13.3. The number of nitrogens with one attached hydrogen (secondary N) is 2. The van der Waals surface area contributed by atoms with Gasteiger partial charge in [-0.3, -0.25) is 14.5 Å². The average molecular weight is 524 g/mol. The van der Waals surface area contributed by atoms with E-state index in [4.69, 9.17) is 9.47 Å². The lowest BCUT2D eigenvalue weighted by atomic mass is 9.93. The normalized spacial score (nSPS) is 19.9. The first kappa shape index (κ1) is 30.7. The zero-order valence-corrected chi connectivity index (χ0v) is 23.1. The molecule has 0 saturated carbocycles. The lowest BCUT2D eigenvalue weighted by Gasteiger charge is -2.36. The number of carbonyl (C=O) groups is 4. The molecule has 2 saturated heterocycles. The Morgan fingerprint density at radius 2 is 1.51 bits per heavy atom. The predicted molar refractivity (Wildman–Crippen MR) is 140 cm³/mol. The molecule has 210 valence electrons. The number of hydrogen-bond donors (Lipinski definition) is 2. The van der Waals surface area contributed by atoms with Gasteiger partial charge in [0.05, 0.1) is 19.3 Å². The van der Waals surface area contributed by atoms with Crippen LogP contribution in [-0.2, 0) is 19.1 Å². The first-order valence-electron chi connectivity index (χ1n) is 13.2. The number of amides is 4.